The minimum atomic E-state index is 0.467. The van der Waals surface area contributed by atoms with Gasteiger partial charge in [0.25, 0.3) is 0 Å². The Hall–Kier alpha value is -0.0400. The van der Waals surface area contributed by atoms with Crippen molar-refractivity contribution < 1.29 is 0 Å². The Morgan fingerprint density at radius 1 is 1.19 bits per heavy atom. The lowest BCUT2D eigenvalue weighted by molar-refractivity contribution is 0.0754. The summed E-state index contributed by atoms with van der Waals surface area (Å²) in [6.45, 7) is 15.6. The summed E-state index contributed by atoms with van der Waals surface area (Å²) in [5, 5.41) is 3.76. The molecule has 1 unspecified atom stereocenters. The third-order valence-electron chi connectivity index (χ3n) is 5.21. The minimum absolute atomic E-state index is 0.467. The van der Waals surface area contributed by atoms with Gasteiger partial charge in [-0.05, 0) is 49.5 Å². The predicted molar refractivity (Wildman–Crippen MR) is 72.6 cm³/mol. The largest absolute Gasteiger partial charge is 0.313 e. The molecule has 1 heterocycles. The Morgan fingerprint density at radius 3 is 2.38 bits per heavy atom. The molecule has 0 amide bonds. The summed E-state index contributed by atoms with van der Waals surface area (Å²) in [4.78, 5) is 0. The van der Waals surface area contributed by atoms with Crippen LogP contribution in [0.2, 0.25) is 0 Å². The van der Waals surface area contributed by atoms with E-state index >= 15 is 0 Å². The summed E-state index contributed by atoms with van der Waals surface area (Å²) in [7, 11) is 0. The Kier molecular flexibility index (Phi) is 4.85. The zero-order valence-electron chi connectivity index (χ0n) is 12.1. The quantitative estimate of drug-likeness (QED) is 0.746. The monoisotopic (exact) mass is 225 g/mol. The lowest BCUT2D eigenvalue weighted by atomic mass is 9.65. The van der Waals surface area contributed by atoms with Gasteiger partial charge >= 0.3 is 0 Å². The van der Waals surface area contributed by atoms with Crippen molar-refractivity contribution in [3.05, 3.63) is 0 Å². The van der Waals surface area contributed by atoms with Gasteiger partial charge in [-0.15, -0.1) is 0 Å². The van der Waals surface area contributed by atoms with E-state index in [-0.39, 0.29) is 0 Å². The lowest BCUT2D eigenvalue weighted by Crippen LogP contribution is -2.49. The molecular formula is C15H31N. The van der Waals surface area contributed by atoms with E-state index in [4.69, 9.17) is 0 Å². The maximum Gasteiger partial charge on any atom is 0.00953 e. The molecule has 1 nitrogen and oxygen atoms in total. The molecule has 1 heteroatoms. The molecule has 4 atom stereocenters. The van der Waals surface area contributed by atoms with E-state index in [0.717, 1.165) is 17.8 Å². The normalized spacial score (nSPS) is 39.2. The van der Waals surface area contributed by atoms with Crippen LogP contribution in [0.1, 0.15) is 60.8 Å². The highest BCUT2D eigenvalue weighted by Crippen LogP contribution is 2.41. The van der Waals surface area contributed by atoms with Crippen LogP contribution in [0.5, 0.6) is 0 Å². The van der Waals surface area contributed by atoms with Gasteiger partial charge in [-0.1, -0.05) is 41.0 Å². The van der Waals surface area contributed by atoms with Crippen molar-refractivity contribution in [2.45, 2.75) is 66.8 Å². The molecule has 1 saturated heterocycles. The first-order valence-electron chi connectivity index (χ1n) is 7.11. The molecule has 1 aliphatic rings. The van der Waals surface area contributed by atoms with Crippen LogP contribution in [0.25, 0.3) is 0 Å². The lowest BCUT2D eigenvalue weighted by Gasteiger charge is -2.45. The van der Waals surface area contributed by atoms with E-state index in [9.17, 15) is 0 Å². The second-order valence-corrected chi connectivity index (χ2v) is 6.67. The van der Waals surface area contributed by atoms with Crippen LogP contribution < -0.4 is 5.32 Å². The maximum absolute atomic E-state index is 3.76. The summed E-state index contributed by atoms with van der Waals surface area (Å²) >= 11 is 0. The van der Waals surface area contributed by atoms with Crippen molar-refractivity contribution >= 4 is 0 Å². The van der Waals surface area contributed by atoms with E-state index < -0.39 is 0 Å². The van der Waals surface area contributed by atoms with Crippen molar-refractivity contribution in [2.75, 3.05) is 6.54 Å². The van der Waals surface area contributed by atoms with Gasteiger partial charge in [0.15, 0.2) is 0 Å². The van der Waals surface area contributed by atoms with Crippen molar-refractivity contribution in [3.63, 3.8) is 0 Å². The molecule has 0 radical (unpaired) electrons. The van der Waals surface area contributed by atoms with Gasteiger partial charge in [-0.25, -0.2) is 0 Å². The molecule has 1 N–H and O–H groups in total. The van der Waals surface area contributed by atoms with Gasteiger partial charge < -0.3 is 5.32 Å². The second kappa shape index (κ2) is 5.53. The van der Waals surface area contributed by atoms with Crippen LogP contribution in [-0.2, 0) is 0 Å². The van der Waals surface area contributed by atoms with Crippen LogP contribution in [0.4, 0.5) is 0 Å². The highest BCUT2D eigenvalue weighted by Gasteiger charge is 2.38. The first kappa shape index (κ1) is 14.0. The molecule has 0 saturated carbocycles. The van der Waals surface area contributed by atoms with E-state index in [1.807, 2.05) is 0 Å². The molecule has 16 heavy (non-hydrogen) atoms. The number of nitrogens with one attached hydrogen (secondary N) is 1. The third-order valence-corrected chi connectivity index (χ3v) is 5.21. The average Bonchev–Trinajstić information content (AvgIpc) is 2.22. The van der Waals surface area contributed by atoms with Gasteiger partial charge in [-0.3, -0.25) is 0 Å². The molecule has 1 aliphatic heterocycles. The molecular weight excluding hydrogens is 194 g/mol. The standard InChI is InChI=1S/C15H31N/c1-11(2)13(4)15(6)9-7-8-12(3)10-16-14(15)5/h11-14,16H,7-10H2,1-6H3/t12-,13?,14+,15+/m0/s1. The molecule has 1 rings (SSSR count). The van der Waals surface area contributed by atoms with Crippen LogP contribution in [0.3, 0.4) is 0 Å². The maximum atomic E-state index is 3.76. The van der Waals surface area contributed by atoms with Gasteiger partial charge in [0.2, 0.25) is 0 Å². The van der Waals surface area contributed by atoms with Gasteiger partial charge in [-0.2, -0.15) is 0 Å². The molecule has 0 aromatic heterocycles. The second-order valence-electron chi connectivity index (χ2n) is 6.67. The smallest absolute Gasteiger partial charge is 0.00953 e. The SMILES string of the molecule is CC(C)C(C)[C@@]1(C)CCC[C@H](C)CN[C@@H]1C. The van der Waals surface area contributed by atoms with Crippen LogP contribution in [0, 0.1) is 23.2 Å². The Bertz CT molecular complexity index is 211. The summed E-state index contributed by atoms with van der Waals surface area (Å²) in [5.41, 5.74) is 0.467. The van der Waals surface area contributed by atoms with Gasteiger partial charge in [0.05, 0.1) is 0 Å². The first-order valence-corrected chi connectivity index (χ1v) is 7.11. The minimum Gasteiger partial charge on any atom is -0.313 e. The van der Waals surface area contributed by atoms with E-state index in [1.165, 1.54) is 25.8 Å². The van der Waals surface area contributed by atoms with Crippen molar-refractivity contribution in [1.82, 2.24) is 5.32 Å². The first-order chi connectivity index (χ1) is 7.38. The fraction of sp³-hybridized carbons (Fsp3) is 1.00. The summed E-state index contributed by atoms with van der Waals surface area (Å²) in [6, 6.07) is 0.646. The Morgan fingerprint density at radius 2 is 1.81 bits per heavy atom. The number of rotatable bonds is 2. The van der Waals surface area contributed by atoms with Crippen molar-refractivity contribution in [2.24, 2.45) is 23.2 Å². The fourth-order valence-corrected chi connectivity index (χ4v) is 3.14. The molecule has 0 aliphatic carbocycles. The zero-order chi connectivity index (χ0) is 12.3. The molecule has 0 spiro atoms. The van der Waals surface area contributed by atoms with Crippen molar-refractivity contribution in [1.29, 1.82) is 0 Å². The summed E-state index contributed by atoms with van der Waals surface area (Å²) in [6.07, 6.45) is 4.17. The number of hydrogen-bond donors (Lipinski definition) is 1. The highest BCUT2D eigenvalue weighted by atomic mass is 14.9. The Balaban J connectivity index is 2.75. The topological polar surface area (TPSA) is 12.0 Å². The predicted octanol–water partition coefficient (Wildman–Crippen LogP) is 4.08. The van der Waals surface area contributed by atoms with Gasteiger partial charge in [0.1, 0.15) is 0 Å². The van der Waals surface area contributed by atoms with Crippen molar-refractivity contribution in [3.8, 4) is 0 Å². The molecule has 96 valence electrons. The van der Waals surface area contributed by atoms with E-state index in [2.05, 4.69) is 46.9 Å². The van der Waals surface area contributed by atoms with Crippen LogP contribution >= 0.6 is 0 Å². The third kappa shape index (κ3) is 3.00. The zero-order valence-corrected chi connectivity index (χ0v) is 12.1. The van der Waals surface area contributed by atoms with E-state index in [0.29, 0.717) is 11.5 Å². The average molecular weight is 225 g/mol. The molecule has 1 fully saturated rings. The Labute approximate surface area is 102 Å². The van der Waals surface area contributed by atoms with Crippen LogP contribution in [-0.4, -0.2) is 12.6 Å². The fourth-order valence-electron chi connectivity index (χ4n) is 3.14. The highest BCUT2D eigenvalue weighted by molar-refractivity contribution is 4.91. The molecule has 0 bridgehead atoms. The van der Waals surface area contributed by atoms with Crippen LogP contribution in [0.15, 0.2) is 0 Å². The van der Waals surface area contributed by atoms with Gasteiger partial charge in [0, 0.05) is 6.04 Å². The number of hydrogen-bond acceptors (Lipinski definition) is 1. The molecule has 0 aromatic rings. The summed E-state index contributed by atoms with van der Waals surface area (Å²) < 4.78 is 0. The molecule has 0 aromatic carbocycles. The summed E-state index contributed by atoms with van der Waals surface area (Å²) in [5.74, 6) is 2.43. The van der Waals surface area contributed by atoms with E-state index in [1.54, 1.807) is 0 Å².